The Morgan fingerprint density at radius 3 is 2.45 bits per heavy atom. The van der Waals surface area contributed by atoms with Crippen LogP contribution in [0.4, 0.5) is 5.95 Å². The maximum Gasteiger partial charge on any atom is 0.257 e. The van der Waals surface area contributed by atoms with Gasteiger partial charge < -0.3 is 9.80 Å². The summed E-state index contributed by atoms with van der Waals surface area (Å²) in [7, 11) is 1.85. The largest absolute Gasteiger partial charge is 0.337 e. The molecule has 29 heavy (non-hydrogen) atoms. The van der Waals surface area contributed by atoms with Crippen molar-refractivity contribution in [3.8, 4) is 11.3 Å². The number of carbonyl (C=O) groups is 1. The SMILES string of the molecule is CC(C)c1ccnc(N2CCN(C(=O)c3cn(C)nc3-c3ccccc3)CC2)n1. The van der Waals surface area contributed by atoms with Crippen LogP contribution in [0, 0.1) is 0 Å². The van der Waals surface area contributed by atoms with E-state index in [-0.39, 0.29) is 5.91 Å². The van der Waals surface area contributed by atoms with Crippen molar-refractivity contribution in [3.05, 3.63) is 60.0 Å². The van der Waals surface area contributed by atoms with Crippen LogP contribution in [0.15, 0.2) is 48.8 Å². The van der Waals surface area contributed by atoms with Crippen LogP contribution in [0.3, 0.4) is 0 Å². The third-order valence-corrected chi connectivity index (χ3v) is 5.21. The fourth-order valence-electron chi connectivity index (χ4n) is 3.57. The van der Waals surface area contributed by atoms with E-state index < -0.39 is 0 Å². The van der Waals surface area contributed by atoms with Gasteiger partial charge in [0.2, 0.25) is 5.95 Å². The van der Waals surface area contributed by atoms with Gasteiger partial charge >= 0.3 is 0 Å². The average molecular weight is 390 g/mol. The fraction of sp³-hybridized carbons (Fsp3) is 0.364. The highest BCUT2D eigenvalue weighted by molar-refractivity contribution is 5.99. The number of anilines is 1. The number of hydrogen-bond donors (Lipinski definition) is 0. The Morgan fingerprint density at radius 1 is 1.03 bits per heavy atom. The number of aromatic nitrogens is 4. The first kappa shape index (κ1) is 19.1. The number of benzene rings is 1. The van der Waals surface area contributed by atoms with Crippen LogP contribution in [0.25, 0.3) is 11.3 Å². The van der Waals surface area contributed by atoms with Gasteiger partial charge in [-0.25, -0.2) is 9.97 Å². The summed E-state index contributed by atoms with van der Waals surface area (Å²) in [5.74, 6) is 1.13. The summed E-state index contributed by atoms with van der Waals surface area (Å²) in [6, 6.07) is 11.8. The molecule has 3 heterocycles. The first-order valence-corrected chi connectivity index (χ1v) is 9.99. The Hall–Kier alpha value is -3.22. The van der Waals surface area contributed by atoms with Gasteiger partial charge in [-0.3, -0.25) is 9.48 Å². The molecule has 1 aliphatic heterocycles. The molecular formula is C22H26N6O. The number of aryl methyl sites for hydroxylation is 1. The van der Waals surface area contributed by atoms with Gasteiger partial charge in [0.25, 0.3) is 5.91 Å². The van der Waals surface area contributed by atoms with Crippen LogP contribution < -0.4 is 4.90 Å². The molecule has 1 amide bonds. The summed E-state index contributed by atoms with van der Waals surface area (Å²) in [4.78, 5) is 26.4. The molecule has 1 aliphatic rings. The summed E-state index contributed by atoms with van der Waals surface area (Å²) in [5, 5.41) is 4.52. The minimum atomic E-state index is 0.0217. The van der Waals surface area contributed by atoms with E-state index in [4.69, 9.17) is 0 Å². The molecule has 0 spiro atoms. The lowest BCUT2D eigenvalue weighted by molar-refractivity contribution is 0.0747. The highest BCUT2D eigenvalue weighted by Gasteiger charge is 2.27. The minimum Gasteiger partial charge on any atom is -0.337 e. The van der Waals surface area contributed by atoms with Gasteiger partial charge in [-0.15, -0.1) is 0 Å². The van der Waals surface area contributed by atoms with E-state index in [1.807, 2.05) is 60.7 Å². The fourth-order valence-corrected chi connectivity index (χ4v) is 3.57. The lowest BCUT2D eigenvalue weighted by Crippen LogP contribution is -2.49. The second kappa shape index (κ2) is 8.03. The second-order valence-corrected chi connectivity index (χ2v) is 7.65. The zero-order valence-electron chi connectivity index (χ0n) is 17.1. The molecule has 0 unspecified atom stereocenters. The zero-order valence-corrected chi connectivity index (χ0v) is 17.1. The molecule has 1 fully saturated rings. The predicted octanol–water partition coefficient (Wildman–Crippen LogP) is 2.96. The van der Waals surface area contributed by atoms with Gasteiger partial charge in [0.1, 0.15) is 5.69 Å². The van der Waals surface area contributed by atoms with Crippen LogP contribution in [-0.2, 0) is 7.05 Å². The molecule has 7 heteroatoms. The molecule has 7 nitrogen and oxygen atoms in total. The number of amides is 1. The molecule has 4 rings (SSSR count). The van der Waals surface area contributed by atoms with Crippen molar-refractivity contribution >= 4 is 11.9 Å². The number of piperazine rings is 1. The third kappa shape index (κ3) is 3.99. The van der Waals surface area contributed by atoms with Gasteiger partial charge in [-0.2, -0.15) is 5.10 Å². The van der Waals surface area contributed by atoms with E-state index in [9.17, 15) is 4.79 Å². The lowest BCUT2D eigenvalue weighted by atomic mass is 10.1. The van der Waals surface area contributed by atoms with E-state index in [2.05, 4.69) is 33.8 Å². The van der Waals surface area contributed by atoms with Crippen LogP contribution in [0.1, 0.15) is 35.8 Å². The second-order valence-electron chi connectivity index (χ2n) is 7.65. The summed E-state index contributed by atoms with van der Waals surface area (Å²) in [6.07, 6.45) is 3.63. The third-order valence-electron chi connectivity index (χ3n) is 5.21. The number of rotatable bonds is 4. The molecule has 0 aliphatic carbocycles. The summed E-state index contributed by atoms with van der Waals surface area (Å²) in [6.45, 7) is 6.96. The van der Waals surface area contributed by atoms with Crippen molar-refractivity contribution in [2.75, 3.05) is 31.1 Å². The predicted molar refractivity (Wildman–Crippen MR) is 113 cm³/mol. The smallest absolute Gasteiger partial charge is 0.257 e. The van der Waals surface area contributed by atoms with Crippen LogP contribution in [0.2, 0.25) is 0 Å². The van der Waals surface area contributed by atoms with Crippen molar-refractivity contribution in [2.24, 2.45) is 7.05 Å². The molecule has 0 atom stereocenters. The highest BCUT2D eigenvalue weighted by atomic mass is 16.2. The first-order chi connectivity index (χ1) is 14.0. The number of hydrogen-bond acceptors (Lipinski definition) is 5. The van der Waals surface area contributed by atoms with Crippen LogP contribution in [0.5, 0.6) is 0 Å². The van der Waals surface area contributed by atoms with Crippen molar-refractivity contribution in [1.29, 1.82) is 0 Å². The standard InChI is InChI=1S/C22H26N6O/c1-16(2)19-9-10-23-22(24-19)28-13-11-27(12-14-28)21(29)18-15-26(3)25-20(18)17-7-5-4-6-8-17/h4-10,15-16H,11-14H2,1-3H3. The molecule has 1 saturated heterocycles. The van der Waals surface area contributed by atoms with E-state index in [1.54, 1.807) is 4.68 Å². The molecule has 1 aromatic carbocycles. The number of nitrogens with zero attached hydrogens (tertiary/aromatic N) is 6. The summed E-state index contributed by atoms with van der Waals surface area (Å²) in [5.41, 5.74) is 3.36. The highest BCUT2D eigenvalue weighted by Crippen LogP contribution is 2.24. The maximum atomic E-state index is 13.2. The van der Waals surface area contributed by atoms with Gasteiger partial charge in [0.05, 0.1) is 5.56 Å². The van der Waals surface area contributed by atoms with E-state index in [1.165, 1.54) is 0 Å². The van der Waals surface area contributed by atoms with Crippen molar-refractivity contribution in [1.82, 2.24) is 24.6 Å². The van der Waals surface area contributed by atoms with E-state index in [0.717, 1.165) is 22.9 Å². The van der Waals surface area contributed by atoms with Gasteiger partial charge in [-0.1, -0.05) is 44.2 Å². The Morgan fingerprint density at radius 2 is 1.76 bits per heavy atom. The molecule has 0 saturated carbocycles. The molecule has 2 aromatic heterocycles. The normalized spacial score (nSPS) is 14.5. The average Bonchev–Trinajstić information content (AvgIpc) is 3.16. The monoisotopic (exact) mass is 390 g/mol. The Kier molecular flexibility index (Phi) is 5.29. The van der Waals surface area contributed by atoms with Gasteiger partial charge in [-0.05, 0) is 12.0 Å². The van der Waals surface area contributed by atoms with E-state index >= 15 is 0 Å². The molecule has 3 aromatic rings. The van der Waals surface area contributed by atoms with E-state index in [0.29, 0.717) is 37.7 Å². The van der Waals surface area contributed by atoms with Crippen molar-refractivity contribution < 1.29 is 4.79 Å². The summed E-state index contributed by atoms with van der Waals surface area (Å²) < 4.78 is 1.71. The molecule has 0 radical (unpaired) electrons. The first-order valence-electron chi connectivity index (χ1n) is 9.99. The molecule has 0 N–H and O–H groups in total. The zero-order chi connectivity index (χ0) is 20.4. The number of carbonyl (C=O) groups excluding carboxylic acids is 1. The maximum absolute atomic E-state index is 13.2. The Labute approximate surface area is 171 Å². The lowest BCUT2D eigenvalue weighted by Gasteiger charge is -2.34. The Bertz CT molecular complexity index is 990. The molecule has 0 bridgehead atoms. The Balaban J connectivity index is 1.48. The quantitative estimate of drug-likeness (QED) is 0.685. The molecule has 150 valence electrons. The molecular weight excluding hydrogens is 364 g/mol. The topological polar surface area (TPSA) is 67.2 Å². The van der Waals surface area contributed by atoms with Crippen LogP contribution >= 0.6 is 0 Å². The van der Waals surface area contributed by atoms with Gasteiger partial charge in [0.15, 0.2) is 0 Å². The van der Waals surface area contributed by atoms with Gasteiger partial charge in [0, 0.05) is 56.9 Å². The summed E-state index contributed by atoms with van der Waals surface area (Å²) >= 11 is 0. The van der Waals surface area contributed by atoms with Crippen LogP contribution in [-0.4, -0.2) is 56.7 Å². The minimum absolute atomic E-state index is 0.0217. The van der Waals surface area contributed by atoms with Crippen molar-refractivity contribution in [3.63, 3.8) is 0 Å². The van der Waals surface area contributed by atoms with Crippen molar-refractivity contribution in [2.45, 2.75) is 19.8 Å².